The minimum absolute atomic E-state index is 0.227. The van der Waals surface area contributed by atoms with Crippen molar-refractivity contribution in [2.75, 3.05) is 13.6 Å². The molecule has 1 saturated heterocycles. The van der Waals surface area contributed by atoms with Crippen molar-refractivity contribution in [3.63, 3.8) is 0 Å². The lowest BCUT2D eigenvalue weighted by molar-refractivity contribution is -0.134. The van der Waals surface area contributed by atoms with Crippen molar-refractivity contribution >= 4 is 5.91 Å². The van der Waals surface area contributed by atoms with Gasteiger partial charge in [-0.1, -0.05) is 0 Å². The maximum Gasteiger partial charge on any atom is 0.267 e. The Bertz CT molecular complexity index is 233. The molecule has 3 nitrogen and oxygen atoms in total. The number of likely N-dealkylation sites (tertiary alicyclic amines) is 1. The maximum absolute atomic E-state index is 13.0. The Morgan fingerprint density at radius 1 is 1.64 bits per heavy atom. The molecule has 1 aliphatic rings. The molecule has 0 aromatic rings. The molecule has 0 radical (unpaired) electrons. The number of carbonyl (C=O) groups excluding carboxylic acids is 1. The SMILES string of the molecule is CNC(C)C(=O)N1CC(F)(F)CC1C. The molecule has 0 saturated carbocycles. The summed E-state index contributed by atoms with van der Waals surface area (Å²) in [6.07, 6.45) is -0.227. The zero-order valence-electron chi connectivity index (χ0n) is 8.68. The maximum atomic E-state index is 13.0. The second-order valence-electron chi connectivity index (χ2n) is 3.89. The Kier molecular flexibility index (Phi) is 3.09. The standard InChI is InChI=1S/C9H16F2N2O/c1-6-4-9(10,11)5-13(6)8(14)7(2)12-3/h6-7,12H,4-5H2,1-3H3. The third-order valence-electron chi connectivity index (χ3n) is 2.61. The fourth-order valence-corrected chi connectivity index (χ4v) is 1.68. The molecule has 1 rings (SSSR count). The fraction of sp³-hybridized carbons (Fsp3) is 0.889. The van der Waals surface area contributed by atoms with E-state index in [1.807, 2.05) is 0 Å². The number of nitrogens with one attached hydrogen (secondary N) is 1. The van der Waals surface area contributed by atoms with Gasteiger partial charge in [-0.2, -0.15) is 0 Å². The van der Waals surface area contributed by atoms with Gasteiger partial charge in [-0.05, 0) is 20.9 Å². The highest BCUT2D eigenvalue weighted by Gasteiger charge is 2.45. The zero-order valence-corrected chi connectivity index (χ0v) is 8.68. The average Bonchev–Trinajstić information content (AvgIpc) is 2.37. The van der Waals surface area contributed by atoms with E-state index in [2.05, 4.69) is 5.32 Å². The van der Waals surface area contributed by atoms with Crippen molar-refractivity contribution in [2.24, 2.45) is 0 Å². The Morgan fingerprint density at radius 2 is 2.21 bits per heavy atom. The van der Waals surface area contributed by atoms with Crippen molar-refractivity contribution in [2.45, 2.75) is 38.3 Å². The Hall–Kier alpha value is -0.710. The lowest BCUT2D eigenvalue weighted by Crippen LogP contribution is -2.45. The smallest absolute Gasteiger partial charge is 0.267 e. The van der Waals surface area contributed by atoms with Crippen molar-refractivity contribution in [1.29, 1.82) is 0 Å². The summed E-state index contributed by atoms with van der Waals surface area (Å²) < 4.78 is 25.9. The van der Waals surface area contributed by atoms with Crippen LogP contribution in [-0.4, -0.2) is 42.4 Å². The number of nitrogens with zero attached hydrogens (tertiary/aromatic N) is 1. The van der Waals surface area contributed by atoms with Gasteiger partial charge in [0, 0.05) is 12.5 Å². The predicted octanol–water partition coefficient (Wildman–Crippen LogP) is 0.850. The topological polar surface area (TPSA) is 32.3 Å². The molecule has 5 heteroatoms. The molecule has 0 bridgehead atoms. The van der Waals surface area contributed by atoms with Gasteiger partial charge in [0.1, 0.15) is 0 Å². The van der Waals surface area contributed by atoms with Gasteiger partial charge in [0.15, 0.2) is 0 Å². The second kappa shape index (κ2) is 3.81. The molecule has 0 aliphatic carbocycles. The third kappa shape index (κ3) is 2.20. The summed E-state index contributed by atoms with van der Waals surface area (Å²) in [5.74, 6) is -2.97. The highest BCUT2D eigenvalue weighted by Crippen LogP contribution is 2.31. The van der Waals surface area contributed by atoms with Crippen molar-refractivity contribution in [1.82, 2.24) is 10.2 Å². The molecular weight excluding hydrogens is 190 g/mol. The molecule has 2 atom stereocenters. The molecule has 1 heterocycles. The number of rotatable bonds is 2. The summed E-state index contributed by atoms with van der Waals surface area (Å²) in [7, 11) is 1.64. The quantitative estimate of drug-likeness (QED) is 0.726. The second-order valence-corrected chi connectivity index (χ2v) is 3.89. The number of halogens is 2. The molecule has 1 fully saturated rings. The predicted molar refractivity (Wildman–Crippen MR) is 49.3 cm³/mol. The first-order valence-electron chi connectivity index (χ1n) is 4.73. The lowest BCUT2D eigenvalue weighted by Gasteiger charge is -2.24. The highest BCUT2D eigenvalue weighted by molar-refractivity contribution is 5.82. The number of alkyl halides is 2. The number of likely N-dealkylation sites (N-methyl/N-ethyl adjacent to an activating group) is 1. The van der Waals surface area contributed by atoms with Gasteiger partial charge >= 0.3 is 0 Å². The van der Waals surface area contributed by atoms with Gasteiger partial charge in [0.05, 0.1) is 12.6 Å². The van der Waals surface area contributed by atoms with E-state index in [0.717, 1.165) is 0 Å². The minimum Gasteiger partial charge on any atom is -0.332 e. The van der Waals surface area contributed by atoms with Crippen LogP contribution in [0.25, 0.3) is 0 Å². The monoisotopic (exact) mass is 206 g/mol. The molecule has 82 valence electrons. The van der Waals surface area contributed by atoms with Crippen LogP contribution in [0.4, 0.5) is 8.78 Å². The number of amides is 1. The van der Waals surface area contributed by atoms with Crippen LogP contribution in [0.2, 0.25) is 0 Å². The van der Waals surface area contributed by atoms with E-state index in [9.17, 15) is 13.6 Å². The van der Waals surface area contributed by atoms with E-state index in [4.69, 9.17) is 0 Å². The number of hydrogen-bond donors (Lipinski definition) is 1. The normalized spacial score (nSPS) is 27.8. The molecule has 1 aliphatic heterocycles. The Morgan fingerprint density at radius 3 is 2.57 bits per heavy atom. The largest absolute Gasteiger partial charge is 0.332 e. The third-order valence-corrected chi connectivity index (χ3v) is 2.61. The van der Waals surface area contributed by atoms with Crippen LogP contribution < -0.4 is 5.32 Å². The van der Waals surface area contributed by atoms with Crippen LogP contribution in [0.15, 0.2) is 0 Å². The Balaban J connectivity index is 2.66. The van der Waals surface area contributed by atoms with E-state index in [0.29, 0.717) is 0 Å². The van der Waals surface area contributed by atoms with E-state index >= 15 is 0 Å². The highest BCUT2D eigenvalue weighted by atomic mass is 19.3. The summed E-state index contributed by atoms with van der Waals surface area (Å²) in [4.78, 5) is 12.9. The molecule has 14 heavy (non-hydrogen) atoms. The number of carbonyl (C=O) groups is 1. The summed E-state index contributed by atoms with van der Waals surface area (Å²) in [6.45, 7) is 2.88. The van der Waals surface area contributed by atoms with Gasteiger partial charge in [-0.3, -0.25) is 4.79 Å². The van der Waals surface area contributed by atoms with Gasteiger partial charge in [0.25, 0.3) is 5.92 Å². The van der Waals surface area contributed by atoms with E-state index in [-0.39, 0.29) is 18.4 Å². The van der Waals surface area contributed by atoms with E-state index in [1.165, 1.54) is 4.90 Å². The first-order chi connectivity index (χ1) is 6.37. The fourth-order valence-electron chi connectivity index (χ4n) is 1.68. The lowest BCUT2D eigenvalue weighted by atomic mass is 10.2. The summed E-state index contributed by atoms with van der Waals surface area (Å²) in [5, 5.41) is 2.75. The van der Waals surface area contributed by atoms with E-state index in [1.54, 1.807) is 20.9 Å². The summed E-state index contributed by atoms with van der Waals surface area (Å²) in [6, 6.07) is -0.764. The van der Waals surface area contributed by atoms with Crippen LogP contribution in [0, 0.1) is 0 Å². The first kappa shape index (κ1) is 11.4. The van der Waals surface area contributed by atoms with Crippen LogP contribution >= 0.6 is 0 Å². The zero-order chi connectivity index (χ0) is 10.9. The van der Waals surface area contributed by atoms with Crippen molar-refractivity contribution < 1.29 is 13.6 Å². The molecule has 1 N–H and O–H groups in total. The molecule has 0 spiro atoms. The van der Waals surface area contributed by atoms with Gasteiger partial charge in [-0.15, -0.1) is 0 Å². The first-order valence-corrected chi connectivity index (χ1v) is 4.73. The van der Waals surface area contributed by atoms with Gasteiger partial charge < -0.3 is 10.2 Å². The average molecular weight is 206 g/mol. The minimum atomic E-state index is -2.72. The Labute approximate surface area is 82.5 Å². The number of hydrogen-bond acceptors (Lipinski definition) is 2. The van der Waals surface area contributed by atoms with Crippen molar-refractivity contribution in [3.05, 3.63) is 0 Å². The van der Waals surface area contributed by atoms with Crippen LogP contribution in [-0.2, 0) is 4.79 Å². The van der Waals surface area contributed by atoms with Gasteiger partial charge in [-0.25, -0.2) is 8.78 Å². The van der Waals surface area contributed by atoms with Crippen LogP contribution in [0.1, 0.15) is 20.3 Å². The van der Waals surface area contributed by atoms with E-state index < -0.39 is 18.5 Å². The van der Waals surface area contributed by atoms with Crippen LogP contribution in [0.3, 0.4) is 0 Å². The van der Waals surface area contributed by atoms with Crippen molar-refractivity contribution in [3.8, 4) is 0 Å². The molecule has 0 aromatic heterocycles. The molecule has 0 aromatic carbocycles. The molecular formula is C9H16F2N2O. The summed E-state index contributed by atoms with van der Waals surface area (Å²) >= 11 is 0. The molecule has 1 amide bonds. The summed E-state index contributed by atoms with van der Waals surface area (Å²) in [5.41, 5.74) is 0. The molecule has 2 unspecified atom stereocenters. The van der Waals surface area contributed by atoms with Gasteiger partial charge in [0.2, 0.25) is 5.91 Å². The van der Waals surface area contributed by atoms with Crippen LogP contribution in [0.5, 0.6) is 0 Å².